The van der Waals surface area contributed by atoms with Gasteiger partial charge in [-0.05, 0) is 39.3 Å². The first-order valence-electron chi connectivity index (χ1n) is 5.79. The summed E-state index contributed by atoms with van der Waals surface area (Å²) >= 11 is 0. The molecule has 92 valence electrons. The first-order chi connectivity index (χ1) is 7.47. The number of aromatic nitrogens is 2. The van der Waals surface area contributed by atoms with Crippen molar-refractivity contribution in [2.24, 2.45) is 7.05 Å². The van der Waals surface area contributed by atoms with Gasteiger partial charge in [-0.1, -0.05) is 0 Å². The second kappa shape index (κ2) is 6.01. The lowest BCUT2D eigenvalue weighted by molar-refractivity contribution is -0.000710. The molecule has 1 rings (SSSR count). The van der Waals surface area contributed by atoms with Gasteiger partial charge in [0.2, 0.25) is 0 Å². The van der Waals surface area contributed by atoms with E-state index >= 15 is 0 Å². The highest BCUT2D eigenvalue weighted by Gasteiger charge is 2.08. The lowest BCUT2D eigenvalue weighted by atomic mass is 10.2. The molecule has 0 aliphatic heterocycles. The molecule has 0 amide bonds. The van der Waals surface area contributed by atoms with Gasteiger partial charge in [-0.2, -0.15) is 5.10 Å². The molecule has 1 N–H and O–H groups in total. The van der Waals surface area contributed by atoms with Gasteiger partial charge in [0.1, 0.15) is 0 Å². The maximum Gasteiger partial charge on any atom is 0.0599 e. The third-order valence-electron chi connectivity index (χ3n) is 2.16. The van der Waals surface area contributed by atoms with Crippen LogP contribution < -0.4 is 5.32 Å². The molecule has 0 saturated heterocycles. The van der Waals surface area contributed by atoms with E-state index in [1.165, 1.54) is 5.56 Å². The van der Waals surface area contributed by atoms with E-state index in [0.717, 1.165) is 26.1 Å². The highest BCUT2D eigenvalue weighted by Crippen LogP contribution is 2.05. The molecule has 1 aromatic heterocycles. The smallest absolute Gasteiger partial charge is 0.0599 e. The number of nitrogens with zero attached hydrogens (tertiary/aromatic N) is 2. The summed E-state index contributed by atoms with van der Waals surface area (Å²) in [5, 5.41) is 7.48. The average molecular weight is 225 g/mol. The molecule has 0 fully saturated rings. The summed E-state index contributed by atoms with van der Waals surface area (Å²) in [6.07, 6.45) is 4.98. The zero-order valence-electron chi connectivity index (χ0n) is 10.8. The van der Waals surface area contributed by atoms with Crippen LogP contribution in [0.3, 0.4) is 0 Å². The van der Waals surface area contributed by atoms with Crippen molar-refractivity contribution in [3.8, 4) is 0 Å². The summed E-state index contributed by atoms with van der Waals surface area (Å²) in [6.45, 7) is 8.85. The Morgan fingerprint density at radius 2 is 2.12 bits per heavy atom. The van der Waals surface area contributed by atoms with E-state index in [4.69, 9.17) is 4.74 Å². The minimum Gasteiger partial charge on any atom is -0.375 e. The van der Waals surface area contributed by atoms with Gasteiger partial charge in [-0.25, -0.2) is 0 Å². The molecule has 0 radical (unpaired) electrons. The summed E-state index contributed by atoms with van der Waals surface area (Å²) in [7, 11) is 1.94. The van der Waals surface area contributed by atoms with Gasteiger partial charge in [-0.15, -0.1) is 0 Å². The number of hydrogen-bond donors (Lipinski definition) is 1. The highest BCUT2D eigenvalue weighted by molar-refractivity contribution is 5.03. The minimum absolute atomic E-state index is 0.0367. The van der Waals surface area contributed by atoms with Crippen molar-refractivity contribution in [3.05, 3.63) is 18.0 Å². The Morgan fingerprint density at radius 1 is 1.38 bits per heavy atom. The second-order valence-corrected chi connectivity index (χ2v) is 4.98. The molecule has 0 saturated carbocycles. The molecule has 0 atom stereocenters. The first kappa shape index (κ1) is 13.2. The molecule has 0 spiro atoms. The molecule has 0 unspecified atom stereocenters. The summed E-state index contributed by atoms with van der Waals surface area (Å²) in [5.41, 5.74) is 1.23. The van der Waals surface area contributed by atoms with Crippen molar-refractivity contribution < 1.29 is 4.74 Å². The summed E-state index contributed by atoms with van der Waals surface area (Å²) < 4.78 is 7.44. The van der Waals surface area contributed by atoms with Crippen molar-refractivity contribution in [1.29, 1.82) is 0 Å². The van der Waals surface area contributed by atoms with Crippen LogP contribution >= 0.6 is 0 Å². The number of hydrogen-bond acceptors (Lipinski definition) is 3. The van der Waals surface area contributed by atoms with Crippen molar-refractivity contribution in [1.82, 2.24) is 15.1 Å². The van der Waals surface area contributed by atoms with Crippen LogP contribution in [-0.4, -0.2) is 35.1 Å². The molecule has 0 aromatic carbocycles. The number of rotatable bonds is 6. The van der Waals surface area contributed by atoms with E-state index in [1.54, 1.807) is 0 Å². The third kappa shape index (κ3) is 5.88. The van der Waals surface area contributed by atoms with Crippen LogP contribution in [0, 0.1) is 0 Å². The molecule has 0 aliphatic rings. The molecular weight excluding hydrogens is 202 g/mol. The second-order valence-electron chi connectivity index (χ2n) is 4.98. The van der Waals surface area contributed by atoms with Crippen molar-refractivity contribution in [2.45, 2.75) is 32.8 Å². The summed E-state index contributed by atoms with van der Waals surface area (Å²) in [5.74, 6) is 0. The van der Waals surface area contributed by atoms with Crippen molar-refractivity contribution >= 4 is 0 Å². The monoisotopic (exact) mass is 225 g/mol. The Labute approximate surface area is 98.0 Å². The quantitative estimate of drug-likeness (QED) is 0.743. The molecule has 4 heteroatoms. The number of ether oxygens (including phenoxy) is 1. The van der Waals surface area contributed by atoms with Crippen LogP contribution in [0.15, 0.2) is 12.4 Å². The van der Waals surface area contributed by atoms with E-state index in [1.807, 2.05) is 24.1 Å². The predicted octanol–water partition coefficient (Wildman–Crippen LogP) is 1.37. The van der Waals surface area contributed by atoms with Gasteiger partial charge < -0.3 is 10.1 Å². The SMILES string of the molecule is Cn1cc(CCNCCOC(C)(C)C)cn1. The Bertz CT molecular complexity index is 301. The number of aryl methyl sites for hydroxylation is 1. The maximum atomic E-state index is 5.61. The third-order valence-corrected chi connectivity index (χ3v) is 2.16. The van der Waals surface area contributed by atoms with Crippen LogP contribution in [0.2, 0.25) is 0 Å². The lowest BCUT2D eigenvalue weighted by Gasteiger charge is -2.19. The fourth-order valence-electron chi connectivity index (χ4n) is 1.39. The molecule has 1 aromatic rings. The van der Waals surface area contributed by atoms with E-state index < -0.39 is 0 Å². The van der Waals surface area contributed by atoms with Crippen LogP contribution in [0.25, 0.3) is 0 Å². The average Bonchev–Trinajstić information content (AvgIpc) is 2.56. The zero-order valence-corrected chi connectivity index (χ0v) is 10.8. The van der Waals surface area contributed by atoms with Gasteiger partial charge in [0.15, 0.2) is 0 Å². The van der Waals surface area contributed by atoms with Crippen LogP contribution in [0.5, 0.6) is 0 Å². The Kier molecular flexibility index (Phi) is 4.96. The van der Waals surface area contributed by atoms with Gasteiger partial charge >= 0.3 is 0 Å². The minimum atomic E-state index is -0.0367. The summed E-state index contributed by atoms with van der Waals surface area (Å²) in [6, 6.07) is 0. The van der Waals surface area contributed by atoms with E-state index in [0.29, 0.717) is 0 Å². The van der Waals surface area contributed by atoms with Gasteiger partial charge in [0.05, 0.1) is 18.4 Å². The normalized spacial score (nSPS) is 12.0. The van der Waals surface area contributed by atoms with E-state index in [9.17, 15) is 0 Å². The van der Waals surface area contributed by atoms with Crippen LogP contribution in [0.1, 0.15) is 26.3 Å². The Hall–Kier alpha value is -0.870. The fraction of sp³-hybridized carbons (Fsp3) is 0.750. The molecule has 0 aliphatic carbocycles. The Balaban J connectivity index is 2.00. The van der Waals surface area contributed by atoms with Crippen LogP contribution in [-0.2, 0) is 18.2 Å². The first-order valence-corrected chi connectivity index (χ1v) is 5.79. The zero-order chi connectivity index (χ0) is 12.0. The van der Waals surface area contributed by atoms with Crippen molar-refractivity contribution in [2.75, 3.05) is 19.7 Å². The highest BCUT2D eigenvalue weighted by atomic mass is 16.5. The molecular formula is C12H23N3O. The maximum absolute atomic E-state index is 5.61. The van der Waals surface area contributed by atoms with Crippen molar-refractivity contribution in [3.63, 3.8) is 0 Å². The van der Waals surface area contributed by atoms with Gasteiger partial charge in [0, 0.05) is 19.8 Å². The van der Waals surface area contributed by atoms with Gasteiger partial charge in [0.25, 0.3) is 0 Å². The van der Waals surface area contributed by atoms with E-state index in [2.05, 4.69) is 31.2 Å². The van der Waals surface area contributed by atoms with Crippen LogP contribution in [0.4, 0.5) is 0 Å². The Morgan fingerprint density at radius 3 is 2.69 bits per heavy atom. The molecule has 4 nitrogen and oxygen atoms in total. The largest absolute Gasteiger partial charge is 0.375 e. The number of nitrogens with one attached hydrogen (secondary N) is 1. The fourth-order valence-corrected chi connectivity index (χ4v) is 1.39. The predicted molar refractivity (Wildman–Crippen MR) is 65.5 cm³/mol. The molecule has 16 heavy (non-hydrogen) atoms. The standard InChI is InChI=1S/C12H23N3O/c1-12(2,3)16-8-7-13-6-5-11-9-14-15(4)10-11/h9-10,13H,5-8H2,1-4H3. The van der Waals surface area contributed by atoms with E-state index in [-0.39, 0.29) is 5.60 Å². The summed E-state index contributed by atoms with van der Waals surface area (Å²) in [4.78, 5) is 0. The molecule has 1 heterocycles. The van der Waals surface area contributed by atoms with Gasteiger partial charge in [-0.3, -0.25) is 4.68 Å². The molecule has 0 bridgehead atoms. The lowest BCUT2D eigenvalue weighted by Crippen LogP contribution is -2.27. The topological polar surface area (TPSA) is 39.1 Å².